The molecule has 1 aromatic heterocycles. The lowest BCUT2D eigenvalue weighted by Crippen LogP contribution is -2.25. The average Bonchev–Trinajstić information content (AvgIpc) is 2.20. The largest absolute Gasteiger partial charge is 0.352 e. The van der Waals surface area contributed by atoms with Gasteiger partial charge in [0.25, 0.3) is 0 Å². The van der Waals surface area contributed by atoms with E-state index in [1.54, 1.807) is 24.3 Å². The van der Waals surface area contributed by atoms with Crippen LogP contribution in [0.15, 0.2) is 33.9 Å². The number of rotatable bonds is 2. The first kappa shape index (κ1) is 10.4. The van der Waals surface area contributed by atoms with Crippen LogP contribution in [0.1, 0.15) is 0 Å². The van der Waals surface area contributed by atoms with Gasteiger partial charge in [0.05, 0.1) is 10.7 Å². The first-order valence-electron chi connectivity index (χ1n) is 4.37. The highest BCUT2D eigenvalue weighted by Gasteiger charge is 2.01. The maximum absolute atomic E-state index is 11.0. The van der Waals surface area contributed by atoms with Gasteiger partial charge in [0.1, 0.15) is 0 Å². The highest BCUT2D eigenvalue weighted by atomic mass is 35.5. The van der Waals surface area contributed by atoms with Crippen molar-refractivity contribution in [2.75, 3.05) is 5.32 Å². The number of nitrogens with one attached hydrogen (secondary N) is 3. The van der Waals surface area contributed by atoms with Crippen LogP contribution in [0.2, 0.25) is 5.02 Å². The van der Waals surface area contributed by atoms with Crippen LogP contribution >= 0.6 is 11.6 Å². The van der Waals surface area contributed by atoms with Crippen molar-refractivity contribution < 1.29 is 0 Å². The Labute approximate surface area is 94.3 Å². The fourth-order valence-electron chi connectivity index (χ4n) is 1.14. The molecule has 0 radical (unpaired) electrons. The molecule has 1 heterocycles. The predicted octanol–water partition coefficient (Wildman–Crippen LogP) is 0.855. The second kappa shape index (κ2) is 4.19. The highest BCUT2D eigenvalue weighted by Crippen LogP contribution is 2.22. The van der Waals surface area contributed by atoms with Gasteiger partial charge in [-0.1, -0.05) is 23.7 Å². The highest BCUT2D eigenvalue weighted by molar-refractivity contribution is 6.33. The molecule has 0 atom stereocenters. The molecule has 3 N–H and O–H groups in total. The predicted molar refractivity (Wildman–Crippen MR) is 60.2 cm³/mol. The lowest BCUT2D eigenvalue weighted by Gasteiger charge is -2.05. The van der Waals surface area contributed by atoms with E-state index in [0.29, 0.717) is 10.7 Å². The van der Waals surface area contributed by atoms with Crippen molar-refractivity contribution in [3.8, 4) is 0 Å². The van der Waals surface area contributed by atoms with Crippen LogP contribution in [0.5, 0.6) is 0 Å². The van der Waals surface area contributed by atoms with Gasteiger partial charge in [-0.2, -0.15) is 4.98 Å². The minimum atomic E-state index is -0.724. The first-order valence-corrected chi connectivity index (χ1v) is 4.75. The zero-order valence-corrected chi connectivity index (χ0v) is 8.71. The minimum Gasteiger partial charge on any atom is -0.324 e. The Morgan fingerprint density at radius 3 is 2.62 bits per heavy atom. The van der Waals surface area contributed by atoms with E-state index in [4.69, 9.17) is 11.6 Å². The van der Waals surface area contributed by atoms with E-state index in [1.165, 1.54) is 0 Å². The number of para-hydroxylation sites is 1. The van der Waals surface area contributed by atoms with E-state index < -0.39 is 11.4 Å². The number of H-pyrrole nitrogens is 2. The summed E-state index contributed by atoms with van der Waals surface area (Å²) in [7, 11) is 0. The maximum atomic E-state index is 11.0. The van der Waals surface area contributed by atoms with Crippen molar-refractivity contribution in [2.24, 2.45) is 0 Å². The molecular weight excluding hydrogens is 232 g/mol. The first-order chi connectivity index (χ1) is 7.65. The van der Waals surface area contributed by atoms with Crippen molar-refractivity contribution in [3.05, 3.63) is 50.3 Å². The summed E-state index contributed by atoms with van der Waals surface area (Å²) in [6.07, 6.45) is 0. The number of benzene rings is 1. The Morgan fingerprint density at radius 1 is 1.19 bits per heavy atom. The van der Waals surface area contributed by atoms with Crippen LogP contribution in [0.25, 0.3) is 0 Å². The molecule has 1 aromatic carbocycles. The molecule has 0 saturated heterocycles. The second-order valence-electron chi connectivity index (χ2n) is 2.95. The van der Waals surface area contributed by atoms with Gasteiger partial charge in [-0.15, -0.1) is 0 Å². The van der Waals surface area contributed by atoms with Crippen LogP contribution in [0, 0.1) is 0 Å². The van der Waals surface area contributed by atoms with Gasteiger partial charge in [-0.25, -0.2) is 9.59 Å². The molecule has 2 rings (SSSR count). The number of aromatic amines is 2. The molecule has 82 valence electrons. The maximum Gasteiger partial charge on any atom is 0.352 e. The number of aromatic nitrogens is 3. The molecule has 16 heavy (non-hydrogen) atoms. The van der Waals surface area contributed by atoms with Crippen molar-refractivity contribution in [1.29, 1.82) is 0 Å². The molecule has 0 spiro atoms. The summed E-state index contributed by atoms with van der Waals surface area (Å²) in [5.74, 6) is 0.0434. The number of halogens is 1. The molecule has 0 aliphatic heterocycles. The van der Waals surface area contributed by atoms with E-state index >= 15 is 0 Å². The lowest BCUT2D eigenvalue weighted by atomic mass is 10.3. The van der Waals surface area contributed by atoms with E-state index in [1.807, 2.05) is 4.98 Å². The molecule has 0 saturated carbocycles. The fraction of sp³-hybridized carbons (Fsp3) is 0. The van der Waals surface area contributed by atoms with Crippen LogP contribution < -0.4 is 16.7 Å². The monoisotopic (exact) mass is 238 g/mol. The third kappa shape index (κ3) is 2.29. The summed E-state index contributed by atoms with van der Waals surface area (Å²) >= 11 is 5.89. The summed E-state index contributed by atoms with van der Waals surface area (Å²) in [5, 5.41) is 3.20. The van der Waals surface area contributed by atoms with Crippen molar-refractivity contribution in [2.45, 2.75) is 0 Å². The van der Waals surface area contributed by atoms with E-state index in [9.17, 15) is 9.59 Å². The van der Waals surface area contributed by atoms with Gasteiger partial charge >= 0.3 is 11.4 Å². The van der Waals surface area contributed by atoms with Gasteiger partial charge in [-0.3, -0.25) is 9.97 Å². The van der Waals surface area contributed by atoms with Crippen LogP contribution in [-0.4, -0.2) is 15.0 Å². The molecule has 0 bridgehead atoms. The van der Waals surface area contributed by atoms with Crippen LogP contribution in [0.3, 0.4) is 0 Å². The topological polar surface area (TPSA) is 90.6 Å². The van der Waals surface area contributed by atoms with Gasteiger partial charge in [0, 0.05) is 0 Å². The SMILES string of the molecule is O=c1nc(Nc2ccccc2Cl)[nH]c(=O)[nH]1. The molecule has 2 aromatic rings. The Balaban J connectivity index is 2.38. The normalized spacial score (nSPS) is 10.1. The molecule has 0 unspecified atom stereocenters. The summed E-state index contributed by atoms with van der Waals surface area (Å²) < 4.78 is 0. The van der Waals surface area contributed by atoms with Gasteiger partial charge in [0.15, 0.2) is 0 Å². The van der Waals surface area contributed by atoms with Gasteiger partial charge < -0.3 is 5.32 Å². The zero-order valence-electron chi connectivity index (χ0n) is 7.95. The van der Waals surface area contributed by atoms with Crippen molar-refractivity contribution >= 4 is 23.2 Å². The number of nitrogens with zero attached hydrogens (tertiary/aromatic N) is 1. The van der Waals surface area contributed by atoms with Gasteiger partial charge in [0.2, 0.25) is 5.95 Å². The summed E-state index contributed by atoms with van der Waals surface area (Å²) in [6.45, 7) is 0. The molecule has 0 amide bonds. The molecular formula is C9H7ClN4O2. The Kier molecular flexibility index (Phi) is 2.74. The van der Waals surface area contributed by atoms with E-state index in [-0.39, 0.29) is 5.95 Å². The van der Waals surface area contributed by atoms with Crippen LogP contribution in [0.4, 0.5) is 11.6 Å². The lowest BCUT2D eigenvalue weighted by molar-refractivity contribution is 0.942. The molecule has 0 aliphatic carbocycles. The third-order valence-corrected chi connectivity index (χ3v) is 2.12. The summed E-state index contributed by atoms with van der Waals surface area (Å²) in [4.78, 5) is 29.7. The minimum absolute atomic E-state index is 0.0434. The Bertz CT molecular complexity index is 591. The summed E-state index contributed by atoms with van der Waals surface area (Å²) in [5.41, 5.74) is -0.800. The molecule has 0 aliphatic rings. The van der Waals surface area contributed by atoms with Crippen molar-refractivity contribution in [1.82, 2.24) is 15.0 Å². The van der Waals surface area contributed by atoms with E-state index in [2.05, 4.69) is 15.3 Å². The average molecular weight is 239 g/mol. The Hall–Kier alpha value is -2.08. The summed E-state index contributed by atoms with van der Waals surface area (Å²) in [6, 6.07) is 6.90. The molecule has 6 nitrogen and oxygen atoms in total. The quantitative estimate of drug-likeness (QED) is 0.724. The number of anilines is 2. The Morgan fingerprint density at radius 2 is 1.94 bits per heavy atom. The van der Waals surface area contributed by atoms with Crippen molar-refractivity contribution in [3.63, 3.8) is 0 Å². The molecule has 0 fully saturated rings. The van der Waals surface area contributed by atoms with E-state index in [0.717, 1.165) is 0 Å². The second-order valence-corrected chi connectivity index (χ2v) is 3.36. The third-order valence-electron chi connectivity index (χ3n) is 1.79. The zero-order chi connectivity index (χ0) is 11.5. The number of hydrogen-bond donors (Lipinski definition) is 3. The van der Waals surface area contributed by atoms with Crippen LogP contribution in [-0.2, 0) is 0 Å². The smallest absolute Gasteiger partial charge is 0.324 e. The standard InChI is InChI=1S/C9H7ClN4O2/c10-5-3-1-2-4-6(5)11-7-12-8(15)14-9(16)13-7/h1-4H,(H3,11,12,13,14,15,16). The number of hydrogen-bond acceptors (Lipinski definition) is 4. The molecule has 7 heteroatoms. The van der Waals surface area contributed by atoms with Gasteiger partial charge in [-0.05, 0) is 12.1 Å². The fourth-order valence-corrected chi connectivity index (χ4v) is 1.33.